The van der Waals surface area contributed by atoms with Crippen LogP contribution in [0.4, 0.5) is 0 Å². The van der Waals surface area contributed by atoms with Gasteiger partial charge in [0.2, 0.25) is 0 Å². The lowest BCUT2D eigenvalue weighted by Gasteiger charge is -2.24. The smallest absolute Gasteiger partial charge is 0.0106 e. The Morgan fingerprint density at radius 3 is 2.40 bits per heavy atom. The monoisotopic (exact) mass is 204 g/mol. The Hall–Kier alpha value is -0.780. The van der Waals surface area contributed by atoms with E-state index in [4.69, 9.17) is 0 Å². The zero-order chi connectivity index (χ0) is 11.5. The van der Waals surface area contributed by atoms with Crippen molar-refractivity contribution < 1.29 is 0 Å². The van der Waals surface area contributed by atoms with Crippen LogP contribution in [0.25, 0.3) is 0 Å². The third-order valence-corrected chi connectivity index (χ3v) is 3.73. The molecule has 0 nitrogen and oxygen atoms in total. The first kappa shape index (κ1) is 12.3. The molecule has 0 amide bonds. The van der Waals surface area contributed by atoms with E-state index in [0.29, 0.717) is 11.3 Å². The van der Waals surface area contributed by atoms with Crippen LogP contribution in [0.15, 0.2) is 24.3 Å². The number of hydrogen-bond donors (Lipinski definition) is 0. The van der Waals surface area contributed by atoms with Crippen molar-refractivity contribution in [3.63, 3.8) is 0 Å². The van der Waals surface area contributed by atoms with E-state index in [1.807, 2.05) is 0 Å². The fourth-order valence-corrected chi connectivity index (χ4v) is 1.71. The van der Waals surface area contributed by atoms with Gasteiger partial charge in [-0.05, 0) is 35.3 Å². The van der Waals surface area contributed by atoms with E-state index < -0.39 is 0 Å². The molecule has 0 bridgehead atoms. The molecule has 15 heavy (non-hydrogen) atoms. The van der Waals surface area contributed by atoms with Crippen LogP contribution in [0.1, 0.15) is 64.5 Å². The van der Waals surface area contributed by atoms with E-state index in [0.717, 1.165) is 0 Å². The lowest BCUT2D eigenvalue weighted by molar-refractivity contribution is 0.505. The lowest BCUT2D eigenvalue weighted by Crippen LogP contribution is -2.15. The van der Waals surface area contributed by atoms with E-state index in [-0.39, 0.29) is 0 Å². The van der Waals surface area contributed by atoms with E-state index in [9.17, 15) is 0 Å². The van der Waals surface area contributed by atoms with Gasteiger partial charge in [0.25, 0.3) is 0 Å². The van der Waals surface area contributed by atoms with Gasteiger partial charge in [0.05, 0.1) is 0 Å². The highest BCUT2D eigenvalue weighted by Gasteiger charge is 2.18. The standard InChI is InChI=1S/C15H24/c1-6-12(3)13-9-8-10-14(11-13)15(4,5)7-2/h8-12H,6-7H2,1-5H3. The van der Waals surface area contributed by atoms with E-state index >= 15 is 0 Å². The largest absolute Gasteiger partial charge is 0.0648 e. The topological polar surface area (TPSA) is 0 Å². The first-order valence-electron chi connectivity index (χ1n) is 6.11. The van der Waals surface area contributed by atoms with Crippen molar-refractivity contribution in [3.05, 3.63) is 35.4 Å². The molecule has 0 saturated heterocycles. The van der Waals surface area contributed by atoms with Gasteiger partial charge in [-0.25, -0.2) is 0 Å². The highest BCUT2D eigenvalue weighted by Crippen LogP contribution is 2.29. The minimum absolute atomic E-state index is 0.309. The van der Waals surface area contributed by atoms with Crippen molar-refractivity contribution in [1.29, 1.82) is 0 Å². The highest BCUT2D eigenvalue weighted by molar-refractivity contribution is 5.30. The molecule has 1 aromatic carbocycles. The predicted octanol–water partition coefficient (Wildman–Crippen LogP) is 4.89. The average Bonchev–Trinajstić information content (AvgIpc) is 2.28. The maximum Gasteiger partial charge on any atom is -0.0106 e. The normalized spacial score (nSPS) is 13.9. The molecule has 1 unspecified atom stereocenters. The fourth-order valence-electron chi connectivity index (χ4n) is 1.71. The quantitative estimate of drug-likeness (QED) is 0.655. The molecule has 0 aliphatic carbocycles. The third-order valence-electron chi connectivity index (χ3n) is 3.73. The molecule has 0 aromatic heterocycles. The van der Waals surface area contributed by atoms with Gasteiger partial charge in [0, 0.05) is 0 Å². The van der Waals surface area contributed by atoms with Crippen molar-refractivity contribution in [3.8, 4) is 0 Å². The van der Waals surface area contributed by atoms with Gasteiger partial charge in [-0.15, -0.1) is 0 Å². The summed E-state index contributed by atoms with van der Waals surface area (Å²) in [6.07, 6.45) is 2.41. The zero-order valence-electron chi connectivity index (χ0n) is 10.8. The van der Waals surface area contributed by atoms with Gasteiger partial charge in [-0.1, -0.05) is 58.9 Å². The molecule has 0 spiro atoms. The summed E-state index contributed by atoms with van der Waals surface area (Å²) in [4.78, 5) is 0. The second kappa shape index (κ2) is 4.83. The number of hydrogen-bond acceptors (Lipinski definition) is 0. The van der Waals surface area contributed by atoms with Gasteiger partial charge in [0.15, 0.2) is 0 Å². The lowest BCUT2D eigenvalue weighted by atomic mass is 9.80. The molecule has 0 radical (unpaired) electrons. The van der Waals surface area contributed by atoms with Crippen LogP contribution >= 0.6 is 0 Å². The van der Waals surface area contributed by atoms with E-state index in [2.05, 4.69) is 58.9 Å². The van der Waals surface area contributed by atoms with Crippen LogP contribution in [0.2, 0.25) is 0 Å². The van der Waals surface area contributed by atoms with Crippen molar-refractivity contribution in [2.45, 2.75) is 58.8 Å². The summed E-state index contributed by atoms with van der Waals surface area (Å²) in [5.41, 5.74) is 3.27. The molecule has 0 heteroatoms. The summed E-state index contributed by atoms with van der Waals surface area (Å²) in [5.74, 6) is 0.678. The minimum Gasteiger partial charge on any atom is -0.0648 e. The summed E-state index contributed by atoms with van der Waals surface area (Å²) in [6, 6.07) is 9.10. The Morgan fingerprint density at radius 2 is 1.87 bits per heavy atom. The first-order chi connectivity index (χ1) is 7.01. The second-order valence-electron chi connectivity index (χ2n) is 5.17. The predicted molar refractivity (Wildman–Crippen MR) is 68.5 cm³/mol. The summed E-state index contributed by atoms with van der Waals surface area (Å²) >= 11 is 0. The summed E-state index contributed by atoms with van der Waals surface area (Å²) in [5, 5.41) is 0. The van der Waals surface area contributed by atoms with Crippen LogP contribution in [0.3, 0.4) is 0 Å². The zero-order valence-corrected chi connectivity index (χ0v) is 10.8. The molecular formula is C15H24. The highest BCUT2D eigenvalue weighted by atomic mass is 14.2. The van der Waals surface area contributed by atoms with Crippen molar-refractivity contribution in [2.75, 3.05) is 0 Å². The molecule has 1 rings (SSSR count). The van der Waals surface area contributed by atoms with Gasteiger partial charge in [-0.3, -0.25) is 0 Å². The third kappa shape index (κ3) is 2.84. The van der Waals surface area contributed by atoms with Crippen molar-refractivity contribution in [2.24, 2.45) is 0 Å². The molecular weight excluding hydrogens is 180 g/mol. The molecule has 1 aromatic rings. The number of benzene rings is 1. The Bertz CT molecular complexity index is 310. The molecule has 0 aliphatic rings. The Morgan fingerprint density at radius 1 is 1.20 bits per heavy atom. The first-order valence-corrected chi connectivity index (χ1v) is 6.11. The van der Waals surface area contributed by atoms with Gasteiger partial charge >= 0.3 is 0 Å². The Labute approximate surface area is 94.7 Å². The van der Waals surface area contributed by atoms with E-state index in [1.54, 1.807) is 0 Å². The summed E-state index contributed by atoms with van der Waals surface area (Å²) in [6.45, 7) is 11.5. The molecule has 84 valence electrons. The summed E-state index contributed by atoms with van der Waals surface area (Å²) in [7, 11) is 0. The SMILES string of the molecule is CCC(C)c1cccc(C(C)(C)CC)c1. The second-order valence-corrected chi connectivity index (χ2v) is 5.17. The molecule has 0 heterocycles. The van der Waals surface area contributed by atoms with Crippen molar-refractivity contribution in [1.82, 2.24) is 0 Å². The van der Waals surface area contributed by atoms with Crippen molar-refractivity contribution >= 4 is 0 Å². The van der Waals surface area contributed by atoms with Crippen LogP contribution in [-0.4, -0.2) is 0 Å². The molecule has 0 N–H and O–H groups in total. The Balaban J connectivity index is 3.02. The maximum absolute atomic E-state index is 2.39. The maximum atomic E-state index is 2.39. The molecule has 0 saturated carbocycles. The minimum atomic E-state index is 0.309. The fraction of sp³-hybridized carbons (Fsp3) is 0.600. The van der Waals surface area contributed by atoms with E-state index in [1.165, 1.54) is 24.0 Å². The van der Waals surface area contributed by atoms with Crippen LogP contribution in [0.5, 0.6) is 0 Å². The summed E-state index contributed by atoms with van der Waals surface area (Å²) < 4.78 is 0. The van der Waals surface area contributed by atoms with Gasteiger partial charge < -0.3 is 0 Å². The van der Waals surface area contributed by atoms with Crippen LogP contribution in [0, 0.1) is 0 Å². The molecule has 0 aliphatic heterocycles. The molecule has 1 atom stereocenters. The van der Waals surface area contributed by atoms with Crippen LogP contribution < -0.4 is 0 Å². The number of rotatable bonds is 4. The van der Waals surface area contributed by atoms with Crippen LogP contribution in [-0.2, 0) is 5.41 Å². The van der Waals surface area contributed by atoms with Gasteiger partial charge in [-0.2, -0.15) is 0 Å². The van der Waals surface area contributed by atoms with Gasteiger partial charge in [0.1, 0.15) is 0 Å². The Kier molecular flexibility index (Phi) is 3.96. The average molecular weight is 204 g/mol. The molecule has 0 fully saturated rings.